The number of alkyl halides is 3. The quantitative estimate of drug-likeness (QED) is 0.440. The lowest BCUT2D eigenvalue weighted by Gasteiger charge is -2.26. The number of aromatic nitrogens is 1. The second kappa shape index (κ2) is 9.84. The Morgan fingerprint density at radius 3 is 2.31 bits per heavy atom. The molecular weight excluding hydrogens is 444 g/mol. The fraction of sp³-hybridized carbons (Fsp3) is 0.435. The molecule has 0 saturated carbocycles. The fourth-order valence-electron chi connectivity index (χ4n) is 3.29. The van der Waals surface area contributed by atoms with E-state index < -0.39 is 29.5 Å². The van der Waals surface area contributed by atoms with Gasteiger partial charge in [0.25, 0.3) is 0 Å². The number of halogens is 5. The monoisotopic (exact) mass is 473 g/mol. The smallest absolute Gasteiger partial charge is 0.380 e. The summed E-state index contributed by atoms with van der Waals surface area (Å²) in [5, 5.41) is 3.38. The van der Waals surface area contributed by atoms with Gasteiger partial charge in [0, 0.05) is 34.2 Å². The van der Waals surface area contributed by atoms with E-state index in [4.69, 9.17) is 5.73 Å². The van der Waals surface area contributed by atoms with Crippen LogP contribution in [0.15, 0.2) is 30.8 Å². The minimum absolute atomic E-state index is 0.101. The zero-order valence-corrected chi connectivity index (χ0v) is 19.7. The predicted molar refractivity (Wildman–Crippen MR) is 121 cm³/mol. The lowest BCUT2D eigenvalue weighted by Crippen LogP contribution is -2.35. The van der Waals surface area contributed by atoms with Gasteiger partial charge in [0.15, 0.2) is 0 Å². The molecule has 1 aromatic heterocycles. The van der Waals surface area contributed by atoms with Crippen molar-refractivity contribution in [2.45, 2.75) is 58.3 Å². The Balaban J connectivity index is 2.32. The summed E-state index contributed by atoms with van der Waals surface area (Å²) in [6.07, 6.45) is -4.37. The molecule has 1 aromatic carbocycles. The number of nitrogens with zero attached hydrogens (tertiary/aromatic N) is 1. The van der Waals surface area contributed by atoms with Crippen LogP contribution in [0.2, 0.25) is 0 Å². The van der Waals surface area contributed by atoms with Gasteiger partial charge in [-0.3, -0.25) is 0 Å². The summed E-state index contributed by atoms with van der Waals surface area (Å²) in [5.41, 5.74) is 6.26. The van der Waals surface area contributed by atoms with Crippen LogP contribution in [0.1, 0.15) is 50.2 Å². The van der Waals surface area contributed by atoms with Crippen LogP contribution in [0.4, 0.5) is 22.0 Å². The highest BCUT2D eigenvalue weighted by Crippen LogP contribution is 2.30. The molecule has 0 fully saturated rings. The van der Waals surface area contributed by atoms with Crippen molar-refractivity contribution in [1.29, 1.82) is 0 Å². The van der Waals surface area contributed by atoms with Gasteiger partial charge in [-0.25, -0.2) is 13.8 Å². The van der Waals surface area contributed by atoms with Crippen LogP contribution in [0.3, 0.4) is 0 Å². The highest BCUT2D eigenvalue weighted by Gasteiger charge is 2.33. The van der Waals surface area contributed by atoms with Crippen molar-refractivity contribution in [3.63, 3.8) is 0 Å². The van der Waals surface area contributed by atoms with Crippen LogP contribution in [0, 0.1) is 17.6 Å². The number of hydrogen-bond donors (Lipinski definition) is 2. The molecule has 9 heteroatoms. The Bertz CT molecular complexity index is 983. The van der Waals surface area contributed by atoms with Gasteiger partial charge in [-0.2, -0.15) is 13.2 Å². The van der Waals surface area contributed by atoms with E-state index in [1.807, 2.05) is 20.8 Å². The number of hydrogen-bond acceptors (Lipinski definition) is 3. The molecule has 1 heterocycles. The molecule has 0 radical (unpaired) electrons. The van der Waals surface area contributed by atoms with Crippen molar-refractivity contribution in [1.82, 2.24) is 10.3 Å². The van der Waals surface area contributed by atoms with Gasteiger partial charge in [-0.1, -0.05) is 13.5 Å². The third-order valence-electron chi connectivity index (χ3n) is 4.98. The largest absolute Gasteiger partial charge is 0.433 e. The first-order valence-electron chi connectivity index (χ1n) is 10.1. The van der Waals surface area contributed by atoms with Crippen LogP contribution in [-0.4, -0.2) is 16.6 Å². The van der Waals surface area contributed by atoms with E-state index in [2.05, 4.69) is 26.1 Å². The summed E-state index contributed by atoms with van der Waals surface area (Å²) in [6.45, 7) is 11.4. The third kappa shape index (κ3) is 6.97. The molecule has 2 unspecified atom stereocenters. The molecule has 176 valence electrons. The predicted octanol–water partition coefficient (Wildman–Crippen LogP) is 4.99. The van der Waals surface area contributed by atoms with Gasteiger partial charge < -0.3 is 11.1 Å². The average Bonchev–Trinajstić information content (AvgIpc) is 2.63. The second-order valence-electron chi connectivity index (χ2n) is 9.06. The van der Waals surface area contributed by atoms with E-state index in [0.29, 0.717) is 11.3 Å². The SMILES string of the molecule is C=C(NC(C)(C)C)c1ccc(C(F)(F)F)nc1CC(C)[C@H](N)Cc1cc(P)c(F)cc1F. The van der Waals surface area contributed by atoms with Crippen molar-refractivity contribution >= 4 is 20.2 Å². The number of pyridine rings is 1. The first-order chi connectivity index (χ1) is 14.6. The van der Waals surface area contributed by atoms with Crippen LogP contribution in [0.25, 0.3) is 5.70 Å². The molecule has 3 N–H and O–H groups in total. The van der Waals surface area contributed by atoms with Crippen molar-refractivity contribution in [3.8, 4) is 0 Å². The van der Waals surface area contributed by atoms with Crippen LogP contribution < -0.4 is 16.4 Å². The van der Waals surface area contributed by atoms with Gasteiger partial charge in [-0.05, 0) is 63.3 Å². The Morgan fingerprint density at radius 2 is 1.75 bits per heavy atom. The summed E-state index contributed by atoms with van der Waals surface area (Å²) >= 11 is 0. The number of benzene rings is 1. The number of nitrogens with one attached hydrogen (secondary N) is 1. The first-order valence-corrected chi connectivity index (χ1v) is 10.7. The van der Waals surface area contributed by atoms with E-state index in [1.54, 1.807) is 6.92 Å². The molecule has 3 atom stereocenters. The van der Waals surface area contributed by atoms with Gasteiger partial charge >= 0.3 is 6.18 Å². The minimum Gasteiger partial charge on any atom is -0.380 e. The average molecular weight is 473 g/mol. The first kappa shape index (κ1) is 26.2. The molecule has 2 rings (SSSR count). The van der Waals surface area contributed by atoms with E-state index in [9.17, 15) is 22.0 Å². The maximum Gasteiger partial charge on any atom is 0.433 e. The standard InChI is InChI=1S/C23H29F5N3P/c1-12(18(29)9-14-10-20(32)17(25)11-16(14)24)8-19-15(13(2)31-22(3,4)5)6-7-21(30-19)23(26,27)28/h6-7,10-12,18,31H,2,8-9,29,32H2,1,3-5H3/t12?,18-/m1/s1. The minimum atomic E-state index is -4.59. The van der Waals surface area contributed by atoms with Gasteiger partial charge in [-0.15, -0.1) is 9.24 Å². The van der Waals surface area contributed by atoms with Crippen LogP contribution >= 0.6 is 9.24 Å². The highest BCUT2D eigenvalue weighted by molar-refractivity contribution is 7.27. The molecule has 3 nitrogen and oxygen atoms in total. The van der Waals surface area contributed by atoms with Crippen molar-refractivity contribution in [2.75, 3.05) is 0 Å². The maximum atomic E-state index is 14.1. The van der Waals surface area contributed by atoms with Crippen LogP contribution in [0.5, 0.6) is 0 Å². The summed E-state index contributed by atoms with van der Waals surface area (Å²) in [6, 6.07) is 3.85. The van der Waals surface area contributed by atoms with E-state index in [-0.39, 0.29) is 40.9 Å². The Kier molecular flexibility index (Phi) is 8.05. The third-order valence-corrected chi connectivity index (χ3v) is 5.43. The van der Waals surface area contributed by atoms with Crippen molar-refractivity contribution in [3.05, 3.63) is 65.0 Å². The number of nitrogens with two attached hydrogens (primary N) is 1. The lowest BCUT2D eigenvalue weighted by molar-refractivity contribution is -0.141. The Hall–Kier alpha value is -2.05. The Morgan fingerprint density at radius 1 is 1.12 bits per heavy atom. The summed E-state index contributed by atoms with van der Waals surface area (Å²) in [7, 11) is 2.19. The lowest BCUT2D eigenvalue weighted by atomic mass is 9.90. The molecule has 0 saturated heterocycles. The zero-order valence-electron chi connectivity index (χ0n) is 18.6. The summed E-state index contributed by atoms with van der Waals surface area (Å²) in [5.74, 6) is -1.73. The molecular formula is C23H29F5N3P. The molecule has 0 bridgehead atoms. The maximum absolute atomic E-state index is 14.1. The van der Waals surface area contributed by atoms with E-state index in [0.717, 1.165) is 12.1 Å². The topological polar surface area (TPSA) is 50.9 Å². The van der Waals surface area contributed by atoms with E-state index >= 15 is 0 Å². The molecule has 0 spiro atoms. The fourth-order valence-corrected chi connectivity index (χ4v) is 3.57. The molecule has 2 aromatic rings. The van der Waals surface area contributed by atoms with Gasteiger partial charge in [0.2, 0.25) is 0 Å². The summed E-state index contributed by atoms with van der Waals surface area (Å²) < 4.78 is 67.5. The van der Waals surface area contributed by atoms with Gasteiger partial charge in [0.1, 0.15) is 17.3 Å². The highest BCUT2D eigenvalue weighted by atomic mass is 31.0. The molecule has 0 amide bonds. The van der Waals surface area contributed by atoms with E-state index in [1.165, 1.54) is 12.1 Å². The second-order valence-corrected chi connectivity index (χ2v) is 9.68. The summed E-state index contributed by atoms with van der Waals surface area (Å²) in [4.78, 5) is 3.86. The van der Waals surface area contributed by atoms with Crippen LogP contribution in [-0.2, 0) is 19.0 Å². The van der Waals surface area contributed by atoms with Crippen molar-refractivity contribution in [2.24, 2.45) is 11.7 Å². The normalized spacial score (nSPS) is 14.2. The Labute approximate surface area is 187 Å². The zero-order chi connectivity index (χ0) is 24.4. The molecule has 32 heavy (non-hydrogen) atoms. The molecule has 0 aliphatic carbocycles. The number of rotatable bonds is 7. The molecule has 0 aliphatic heterocycles. The molecule has 0 aliphatic rings. The van der Waals surface area contributed by atoms with Gasteiger partial charge in [0.05, 0.1) is 5.69 Å². The van der Waals surface area contributed by atoms with Crippen molar-refractivity contribution < 1.29 is 22.0 Å².